The van der Waals surface area contributed by atoms with Gasteiger partial charge in [0.05, 0.1) is 22.3 Å². The molecule has 1 amide bonds. The van der Waals surface area contributed by atoms with E-state index in [1.54, 1.807) is 36.4 Å². The highest BCUT2D eigenvalue weighted by Gasteiger charge is 2.11. The summed E-state index contributed by atoms with van der Waals surface area (Å²) < 4.78 is 5.61. The summed E-state index contributed by atoms with van der Waals surface area (Å²) in [6.07, 6.45) is 2.01. The molecule has 0 spiro atoms. The van der Waals surface area contributed by atoms with Crippen LogP contribution in [0.1, 0.15) is 30.1 Å². The van der Waals surface area contributed by atoms with E-state index in [0.29, 0.717) is 33.7 Å². The second kappa shape index (κ2) is 9.61. The summed E-state index contributed by atoms with van der Waals surface area (Å²) in [5.74, 6) is 0.314. The van der Waals surface area contributed by atoms with Crippen molar-refractivity contribution >= 4 is 52.1 Å². The SMILES string of the molecule is CCCCOc1cccc(C(=O)NC(=S)Nc2cccc(Cl)c2Cl)c1. The van der Waals surface area contributed by atoms with Crippen LogP contribution >= 0.6 is 35.4 Å². The second-order valence-electron chi connectivity index (χ2n) is 5.24. The molecule has 2 N–H and O–H groups in total. The molecule has 0 fully saturated rings. The van der Waals surface area contributed by atoms with Crippen molar-refractivity contribution in [1.82, 2.24) is 5.32 Å². The summed E-state index contributed by atoms with van der Waals surface area (Å²) in [6.45, 7) is 2.71. The maximum absolute atomic E-state index is 12.3. The first-order valence-corrected chi connectivity index (χ1v) is 8.97. The number of rotatable bonds is 6. The van der Waals surface area contributed by atoms with Gasteiger partial charge in [-0.2, -0.15) is 0 Å². The quantitative estimate of drug-likeness (QED) is 0.513. The molecule has 0 saturated carbocycles. The first-order valence-electron chi connectivity index (χ1n) is 7.80. The van der Waals surface area contributed by atoms with Crippen LogP contribution in [-0.4, -0.2) is 17.6 Å². The molecule has 0 aliphatic carbocycles. The fraction of sp³-hybridized carbons (Fsp3) is 0.222. The Morgan fingerprint density at radius 1 is 1.20 bits per heavy atom. The smallest absolute Gasteiger partial charge is 0.257 e. The number of anilines is 1. The Morgan fingerprint density at radius 2 is 1.96 bits per heavy atom. The van der Waals surface area contributed by atoms with Gasteiger partial charge in [-0.3, -0.25) is 10.1 Å². The number of nitrogens with one attached hydrogen (secondary N) is 2. The Balaban J connectivity index is 1.98. The van der Waals surface area contributed by atoms with Crippen molar-refractivity contribution in [3.63, 3.8) is 0 Å². The van der Waals surface area contributed by atoms with Crippen LogP contribution in [0.2, 0.25) is 10.0 Å². The standard InChI is InChI=1S/C18H18Cl2N2O2S/c1-2-3-10-24-13-7-4-6-12(11-13)17(23)22-18(25)21-15-9-5-8-14(19)16(15)20/h4-9,11H,2-3,10H2,1H3,(H2,21,22,23,25). The topological polar surface area (TPSA) is 50.4 Å². The van der Waals surface area contributed by atoms with Crippen LogP contribution in [0.5, 0.6) is 5.75 Å². The Kier molecular flexibility index (Phi) is 7.50. The Labute approximate surface area is 162 Å². The van der Waals surface area contributed by atoms with Crippen LogP contribution in [0.15, 0.2) is 42.5 Å². The van der Waals surface area contributed by atoms with Crippen molar-refractivity contribution in [3.8, 4) is 5.75 Å². The fourth-order valence-electron chi connectivity index (χ4n) is 1.99. The molecule has 0 aliphatic rings. The van der Waals surface area contributed by atoms with Crippen LogP contribution < -0.4 is 15.4 Å². The largest absolute Gasteiger partial charge is 0.494 e. The highest BCUT2D eigenvalue weighted by atomic mass is 35.5. The molecule has 2 aromatic rings. The number of thiocarbonyl (C=S) groups is 1. The minimum absolute atomic E-state index is 0.131. The Bertz CT molecular complexity index is 768. The zero-order valence-corrected chi connectivity index (χ0v) is 16.0. The van der Waals surface area contributed by atoms with E-state index >= 15 is 0 Å². The molecule has 7 heteroatoms. The summed E-state index contributed by atoms with van der Waals surface area (Å²) in [6, 6.07) is 12.1. The molecule has 0 unspecified atom stereocenters. The predicted octanol–water partition coefficient (Wildman–Crippen LogP) is 5.30. The number of unbranched alkanes of at least 4 members (excludes halogenated alkanes) is 1. The van der Waals surface area contributed by atoms with Gasteiger partial charge in [-0.25, -0.2) is 0 Å². The lowest BCUT2D eigenvalue weighted by molar-refractivity contribution is 0.0977. The molecule has 4 nitrogen and oxygen atoms in total. The third-order valence-electron chi connectivity index (χ3n) is 3.29. The number of carbonyl (C=O) groups is 1. The summed E-state index contributed by atoms with van der Waals surface area (Å²) >= 11 is 17.2. The van der Waals surface area contributed by atoms with Gasteiger partial charge in [-0.05, 0) is 49.0 Å². The lowest BCUT2D eigenvalue weighted by atomic mass is 10.2. The first kappa shape index (κ1) is 19.5. The number of amides is 1. The van der Waals surface area contributed by atoms with E-state index in [2.05, 4.69) is 17.6 Å². The zero-order chi connectivity index (χ0) is 18.2. The molecule has 2 rings (SSSR count). The van der Waals surface area contributed by atoms with E-state index in [0.717, 1.165) is 12.8 Å². The molecule has 0 atom stereocenters. The summed E-state index contributed by atoms with van der Waals surface area (Å²) in [4.78, 5) is 12.3. The van der Waals surface area contributed by atoms with Crippen molar-refractivity contribution in [1.29, 1.82) is 0 Å². The van der Waals surface area contributed by atoms with Crippen LogP contribution in [0.3, 0.4) is 0 Å². The van der Waals surface area contributed by atoms with Gasteiger partial charge in [0.15, 0.2) is 5.11 Å². The van der Waals surface area contributed by atoms with Crippen LogP contribution in [0.4, 0.5) is 5.69 Å². The maximum atomic E-state index is 12.3. The summed E-state index contributed by atoms with van der Waals surface area (Å²) in [7, 11) is 0. The van der Waals surface area contributed by atoms with Gasteiger partial charge >= 0.3 is 0 Å². The number of ether oxygens (including phenoxy) is 1. The lowest BCUT2D eigenvalue weighted by Gasteiger charge is -2.12. The van der Waals surface area contributed by atoms with E-state index in [9.17, 15) is 4.79 Å². The zero-order valence-electron chi connectivity index (χ0n) is 13.6. The molecular weight excluding hydrogens is 379 g/mol. The van der Waals surface area contributed by atoms with Crippen molar-refractivity contribution < 1.29 is 9.53 Å². The van der Waals surface area contributed by atoms with E-state index in [1.807, 2.05) is 6.07 Å². The van der Waals surface area contributed by atoms with Gasteiger partial charge in [0.2, 0.25) is 0 Å². The maximum Gasteiger partial charge on any atom is 0.257 e. The van der Waals surface area contributed by atoms with E-state index in [-0.39, 0.29) is 11.0 Å². The van der Waals surface area contributed by atoms with Gasteiger partial charge in [0.25, 0.3) is 5.91 Å². The normalized spacial score (nSPS) is 10.2. The minimum atomic E-state index is -0.336. The summed E-state index contributed by atoms with van der Waals surface area (Å²) in [5.41, 5.74) is 0.978. The lowest BCUT2D eigenvalue weighted by Crippen LogP contribution is -2.34. The van der Waals surface area contributed by atoms with Crippen LogP contribution in [0.25, 0.3) is 0 Å². The third-order valence-corrected chi connectivity index (χ3v) is 4.31. The average molecular weight is 397 g/mol. The van der Waals surface area contributed by atoms with Crippen molar-refractivity contribution in [3.05, 3.63) is 58.1 Å². The predicted molar refractivity (Wildman–Crippen MR) is 107 cm³/mol. The Morgan fingerprint density at radius 3 is 2.72 bits per heavy atom. The van der Waals surface area contributed by atoms with Crippen LogP contribution in [-0.2, 0) is 0 Å². The molecule has 25 heavy (non-hydrogen) atoms. The molecule has 132 valence electrons. The molecule has 0 aliphatic heterocycles. The van der Waals surface area contributed by atoms with Gasteiger partial charge in [0.1, 0.15) is 5.75 Å². The van der Waals surface area contributed by atoms with E-state index < -0.39 is 0 Å². The molecule has 0 bridgehead atoms. The molecule has 0 radical (unpaired) electrons. The highest BCUT2D eigenvalue weighted by Crippen LogP contribution is 2.29. The summed E-state index contributed by atoms with van der Waals surface area (Å²) in [5, 5.41) is 6.34. The number of carbonyl (C=O) groups excluding carboxylic acids is 1. The second-order valence-corrected chi connectivity index (χ2v) is 6.43. The van der Waals surface area contributed by atoms with Crippen molar-refractivity contribution in [2.45, 2.75) is 19.8 Å². The van der Waals surface area contributed by atoms with Gasteiger partial charge in [-0.1, -0.05) is 48.7 Å². The van der Waals surface area contributed by atoms with Crippen molar-refractivity contribution in [2.75, 3.05) is 11.9 Å². The average Bonchev–Trinajstić information content (AvgIpc) is 2.59. The number of halogens is 2. The van der Waals surface area contributed by atoms with Gasteiger partial charge in [0, 0.05) is 5.56 Å². The minimum Gasteiger partial charge on any atom is -0.494 e. The van der Waals surface area contributed by atoms with E-state index in [4.69, 9.17) is 40.2 Å². The number of hydrogen-bond donors (Lipinski definition) is 2. The number of benzene rings is 2. The molecule has 0 heterocycles. The monoisotopic (exact) mass is 396 g/mol. The first-order chi connectivity index (χ1) is 12.0. The highest BCUT2D eigenvalue weighted by molar-refractivity contribution is 7.80. The van der Waals surface area contributed by atoms with Gasteiger partial charge < -0.3 is 10.1 Å². The third kappa shape index (κ3) is 5.88. The molecule has 0 aromatic heterocycles. The molecule has 0 saturated heterocycles. The molecule has 2 aromatic carbocycles. The van der Waals surface area contributed by atoms with Crippen molar-refractivity contribution in [2.24, 2.45) is 0 Å². The Hall–Kier alpha value is -1.82. The van der Waals surface area contributed by atoms with Crippen LogP contribution in [0, 0.1) is 0 Å². The molecular formula is C18H18Cl2N2O2S. The number of hydrogen-bond acceptors (Lipinski definition) is 3. The van der Waals surface area contributed by atoms with Gasteiger partial charge in [-0.15, -0.1) is 0 Å². The fourth-order valence-corrected chi connectivity index (χ4v) is 2.54. The van der Waals surface area contributed by atoms with E-state index in [1.165, 1.54) is 0 Å².